The predicted octanol–water partition coefficient (Wildman–Crippen LogP) is 2.57. The van der Waals surface area contributed by atoms with E-state index in [-0.39, 0.29) is 18.9 Å². The number of likely N-dealkylation sites (tertiary alicyclic amines) is 1. The highest BCUT2D eigenvalue weighted by atomic mass is 16.5. The van der Waals surface area contributed by atoms with E-state index in [1.165, 1.54) is 11.0 Å². The lowest BCUT2D eigenvalue weighted by atomic mass is 9.76. The number of rotatable bonds is 5. The molecule has 0 radical (unpaired) electrons. The molecular weight excluding hydrogens is 294 g/mol. The summed E-state index contributed by atoms with van der Waals surface area (Å²) in [6.45, 7) is 5.84. The van der Waals surface area contributed by atoms with Crippen LogP contribution >= 0.6 is 0 Å². The Morgan fingerprint density at radius 2 is 2.04 bits per heavy atom. The van der Waals surface area contributed by atoms with Gasteiger partial charge in [-0.2, -0.15) is 0 Å². The fraction of sp³-hybridized carbons (Fsp3) is 0.389. The van der Waals surface area contributed by atoms with E-state index >= 15 is 0 Å². The quantitative estimate of drug-likeness (QED) is 0.362. The molecule has 2 rings (SSSR count). The molecule has 1 atom stereocenters. The maximum Gasteiger partial charge on any atom is 0.321 e. The Labute approximate surface area is 135 Å². The molecule has 5 heteroatoms. The average Bonchev–Trinajstić information content (AvgIpc) is 2.57. The number of nitrogens with zero attached hydrogens (tertiary/aromatic N) is 1. The summed E-state index contributed by atoms with van der Waals surface area (Å²) in [5.41, 5.74) is -0.903. The number of amides is 2. The SMILES string of the molecule is C=CC[C@]1(C(=O)OCC)CCCN(C(=O)c2ccccc2)C1=O. The van der Waals surface area contributed by atoms with Gasteiger partial charge in [0.1, 0.15) is 0 Å². The van der Waals surface area contributed by atoms with Crippen LogP contribution in [-0.4, -0.2) is 35.8 Å². The highest BCUT2D eigenvalue weighted by molar-refractivity contribution is 6.13. The zero-order valence-corrected chi connectivity index (χ0v) is 13.3. The van der Waals surface area contributed by atoms with E-state index in [2.05, 4.69) is 6.58 Å². The summed E-state index contributed by atoms with van der Waals surface area (Å²) in [5, 5.41) is 0. The second-order valence-corrected chi connectivity index (χ2v) is 5.53. The Bertz CT molecular complexity index is 611. The maximum atomic E-state index is 12.9. The van der Waals surface area contributed by atoms with Crippen molar-refractivity contribution in [2.45, 2.75) is 26.2 Å². The first-order valence-electron chi connectivity index (χ1n) is 7.76. The molecule has 0 N–H and O–H groups in total. The van der Waals surface area contributed by atoms with Crippen molar-refractivity contribution >= 4 is 17.8 Å². The molecule has 5 nitrogen and oxygen atoms in total. The molecule has 0 saturated carbocycles. The number of ether oxygens (including phenoxy) is 1. The summed E-state index contributed by atoms with van der Waals surface area (Å²) in [7, 11) is 0. The second kappa shape index (κ2) is 7.22. The number of hydrogen-bond donors (Lipinski definition) is 0. The number of hydrogen-bond acceptors (Lipinski definition) is 4. The highest BCUT2D eigenvalue weighted by Gasteiger charge is 2.51. The lowest BCUT2D eigenvalue weighted by Gasteiger charge is -2.38. The van der Waals surface area contributed by atoms with Crippen LogP contribution < -0.4 is 0 Å². The van der Waals surface area contributed by atoms with Crippen LogP contribution in [0.25, 0.3) is 0 Å². The molecule has 1 aliphatic heterocycles. The Morgan fingerprint density at radius 3 is 2.65 bits per heavy atom. The molecule has 1 heterocycles. The van der Waals surface area contributed by atoms with Crippen molar-refractivity contribution in [3.63, 3.8) is 0 Å². The van der Waals surface area contributed by atoms with Gasteiger partial charge < -0.3 is 4.74 Å². The monoisotopic (exact) mass is 315 g/mol. The molecule has 0 unspecified atom stereocenters. The Morgan fingerprint density at radius 1 is 1.35 bits per heavy atom. The molecule has 0 aromatic heterocycles. The first kappa shape index (κ1) is 16.9. The lowest BCUT2D eigenvalue weighted by molar-refractivity contribution is -0.166. The fourth-order valence-electron chi connectivity index (χ4n) is 2.91. The van der Waals surface area contributed by atoms with Gasteiger partial charge in [0, 0.05) is 12.1 Å². The number of allylic oxidation sites excluding steroid dienone is 1. The third kappa shape index (κ3) is 3.18. The third-order valence-electron chi connectivity index (χ3n) is 4.06. The van der Waals surface area contributed by atoms with E-state index < -0.39 is 17.3 Å². The highest BCUT2D eigenvalue weighted by Crippen LogP contribution is 2.37. The summed E-state index contributed by atoms with van der Waals surface area (Å²) < 4.78 is 5.10. The Kier molecular flexibility index (Phi) is 5.32. The average molecular weight is 315 g/mol. The van der Waals surface area contributed by atoms with Crippen LogP contribution in [0.4, 0.5) is 0 Å². The molecule has 122 valence electrons. The summed E-state index contributed by atoms with van der Waals surface area (Å²) in [5.74, 6) is -1.44. The molecule has 1 saturated heterocycles. The number of esters is 1. The van der Waals surface area contributed by atoms with E-state index in [1.54, 1.807) is 37.3 Å². The normalized spacial score (nSPS) is 20.9. The molecule has 1 aromatic carbocycles. The molecule has 2 amide bonds. The standard InChI is InChI=1S/C18H21NO4/c1-3-11-18(17(22)23-4-2)12-8-13-19(16(18)21)15(20)14-9-6-5-7-10-14/h3,5-7,9-10H,1,4,8,11-13H2,2H3/t18-/m0/s1. The van der Waals surface area contributed by atoms with Gasteiger partial charge in [-0.05, 0) is 38.3 Å². The van der Waals surface area contributed by atoms with Crippen molar-refractivity contribution in [3.05, 3.63) is 48.6 Å². The molecule has 1 fully saturated rings. The van der Waals surface area contributed by atoms with Crippen molar-refractivity contribution in [2.75, 3.05) is 13.2 Å². The van der Waals surface area contributed by atoms with Crippen molar-refractivity contribution in [3.8, 4) is 0 Å². The molecule has 0 aliphatic carbocycles. The summed E-state index contributed by atoms with van der Waals surface area (Å²) in [6, 6.07) is 8.59. The largest absolute Gasteiger partial charge is 0.465 e. The number of carbonyl (C=O) groups excluding carboxylic acids is 3. The zero-order chi connectivity index (χ0) is 16.9. The minimum Gasteiger partial charge on any atom is -0.465 e. The summed E-state index contributed by atoms with van der Waals surface area (Å²) in [6.07, 6.45) is 2.64. The fourth-order valence-corrected chi connectivity index (χ4v) is 2.91. The summed E-state index contributed by atoms with van der Waals surface area (Å²) in [4.78, 5) is 39.1. The van der Waals surface area contributed by atoms with Crippen LogP contribution in [0.5, 0.6) is 0 Å². The molecule has 1 aliphatic rings. The number of imide groups is 1. The van der Waals surface area contributed by atoms with Crippen molar-refractivity contribution < 1.29 is 19.1 Å². The minimum absolute atomic E-state index is 0.170. The van der Waals surface area contributed by atoms with Gasteiger partial charge in [-0.3, -0.25) is 19.3 Å². The van der Waals surface area contributed by atoms with Gasteiger partial charge in [-0.1, -0.05) is 24.3 Å². The van der Waals surface area contributed by atoms with Crippen molar-refractivity contribution in [1.82, 2.24) is 4.90 Å². The van der Waals surface area contributed by atoms with Crippen LogP contribution in [0.1, 0.15) is 36.5 Å². The van der Waals surface area contributed by atoms with E-state index in [1.807, 2.05) is 0 Å². The van der Waals surface area contributed by atoms with Gasteiger partial charge in [0.15, 0.2) is 5.41 Å². The molecular formula is C18H21NO4. The van der Waals surface area contributed by atoms with Crippen LogP contribution in [0.15, 0.2) is 43.0 Å². The van der Waals surface area contributed by atoms with Crippen LogP contribution in [0, 0.1) is 5.41 Å². The topological polar surface area (TPSA) is 63.7 Å². The smallest absolute Gasteiger partial charge is 0.321 e. The van der Waals surface area contributed by atoms with Gasteiger partial charge >= 0.3 is 5.97 Å². The molecule has 1 aromatic rings. The van der Waals surface area contributed by atoms with Gasteiger partial charge in [0.25, 0.3) is 5.91 Å². The maximum absolute atomic E-state index is 12.9. The molecule has 0 bridgehead atoms. The van der Waals surface area contributed by atoms with Crippen LogP contribution in [-0.2, 0) is 14.3 Å². The van der Waals surface area contributed by atoms with Crippen LogP contribution in [0.2, 0.25) is 0 Å². The number of piperidine rings is 1. The van der Waals surface area contributed by atoms with E-state index in [0.29, 0.717) is 24.9 Å². The first-order valence-corrected chi connectivity index (χ1v) is 7.76. The third-order valence-corrected chi connectivity index (χ3v) is 4.06. The summed E-state index contributed by atoms with van der Waals surface area (Å²) >= 11 is 0. The Hall–Kier alpha value is -2.43. The van der Waals surface area contributed by atoms with E-state index in [4.69, 9.17) is 4.74 Å². The predicted molar refractivity (Wildman–Crippen MR) is 85.6 cm³/mol. The van der Waals surface area contributed by atoms with Crippen molar-refractivity contribution in [1.29, 1.82) is 0 Å². The van der Waals surface area contributed by atoms with Crippen LogP contribution in [0.3, 0.4) is 0 Å². The van der Waals surface area contributed by atoms with Gasteiger partial charge in [0.05, 0.1) is 6.61 Å². The number of carbonyl (C=O) groups is 3. The Balaban J connectivity index is 2.33. The van der Waals surface area contributed by atoms with E-state index in [0.717, 1.165) is 0 Å². The zero-order valence-electron chi connectivity index (χ0n) is 13.3. The number of benzene rings is 1. The van der Waals surface area contributed by atoms with E-state index in [9.17, 15) is 14.4 Å². The van der Waals surface area contributed by atoms with Gasteiger partial charge in [-0.15, -0.1) is 6.58 Å². The van der Waals surface area contributed by atoms with Crippen molar-refractivity contribution in [2.24, 2.45) is 5.41 Å². The lowest BCUT2D eigenvalue weighted by Crippen LogP contribution is -2.55. The molecule has 23 heavy (non-hydrogen) atoms. The van der Waals surface area contributed by atoms with Gasteiger partial charge in [0.2, 0.25) is 5.91 Å². The van der Waals surface area contributed by atoms with Gasteiger partial charge in [-0.25, -0.2) is 0 Å². The minimum atomic E-state index is -1.33. The first-order chi connectivity index (χ1) is 11.1. The molecule has 0 spiro atoms. The second-order valence-electron chi connectivity index (χ2n) is 5.53.